The molecule has 124 valence electrons. The number of ether oxygens (including phenoxy) is 1. The Balaban J connectivity index is 1.77. The van der Waals surface area contributed by atoms with Gasteiger partial charge in [-0.1, -0.05) is 6.08 Å². The molecule has 1 aliphatic carbocycles. The van der Waals surface area contributed by atoms with Crippen LogP contribution in [0.2, 0.25) is 0 Å². The Morgan fingerprint density at radius 3 is 3.08 bits per heavy atom. The maximum absolute atomic E-state index is 13.5. The van der Waals surface area contributed by atoms with Crippen molar-refractivity contribution in [3.63, 3.8) is 0 Å². The summed E-state index contributed by atoms with van der Waals surface area (Å²) in [5.74, 6) is -0.354. The van der Waals surface area contributed by atoms with E-state index in [1.807, 2.05) is 12.1 Å². The number of rotatable bonds is 3. The van der Waals surface area contributed by atoms with Gasteiger partial charge in [-0.05, 0) is 12.1 Å². The molecule has 3 aromatic heterocycles. The average molecular weight is 336 g/mol. The normalized spacial score (nSPS) is 13.3. The van der Waals surface area contributed by atoms with Gasteiger partial charge in [0.25, 0.3) is 0 Å². The zero-order valence-corrected chi connectivity index (χ0v) is 13.3. The molecule has 0 aromatic carbocycles. The van der Waals surface area contributed by atoms with Crippen molar-refractivity contribution in [3.05, 3.63) is 65.8 Å². The van der Waals surface area contributed by atoms with Gasteiger partial charge in [-0.25, -0.2) is 19.2 Å². The van der Waals surface area contributed by atoms with Crippen LogP contribution in [0.4, 0.5) is 4.39 Å². The Labute approximate surface area is 142 Å². The molecule has 0 unspecified atom stereocenters. The van der Waals surface area contributed by atoms with Gasteiger partial charge in [0, 0.05) is 47.6 Å². The van der Waals surface area contributed by atoms with Crippen LogP contribution in [0.3, 0.4) is 0 Å². The van der Waals surface area contributed by atoms with Gasteiger partial charge in [-0.3, -0.25) is 4.98 Å². The highest BCUT2D eigenvalue weighted by atomic mass is 19.1. The van der Waals surface area contributed by atoms with Gasteiger partial charge < -0.3 is 9.30 Å². The molecule has 0 amide bonds. The van der Waals surface area contributed by atoms with Gasteiger partial charge in [-0.15, -0.1) is 0 Å². The predicted molar refractivity (Wildman–Crippen MR) is 89.9 cm³/mol. The molecule has 0 radical (unpaired) electrons. The lowest BCUT2D eigenvalue weighted by atomic mass is 10.1. The minimum atomic E-state index is -0.454. The van der Waals surface area contributed by atoms with Crippen molar-refractivity contribution in [2.24, 2.45) is 0 Å². The summed E-state index contributed by atoms with van der Waals surface area (Å²) < 4.78 is 19.8. The summed E-state index contributed by atoms with van der Waals surface area (Å²) in [5.41, 5.74) is 2.92. The highest BCUT2D eigenvalue weighted by Gasteiger charge is 2.20. The summed E-state index contributed by atoms with van der Waals surface area (Å²) in [6.07, 6.45) is 10.1. The van der Waals surface area contributed by atoms with E-state index in [9.17, 15) is 9.18 Å². The molecule has 0 aliphatic heterocycles. The molecular formula is C18H13FN4O2. The molecule has 3 heterocycles. The van der Waals surface area contributed by atoms with Crippen LogP contribution in [-0.4, -0.2) is 32.6 Å². The first-order valence-corrected chi connectivity index (χ1v) is 7.61. The number of esters is 1. The van der Waals surface area contributed by atoms with Crippen molar-refractivity contribution in [1.29, 1.82) is 0 Å². The van der Waals surface area contributed by atoms with E-state index < -0.39 is 11.8 Å². The minimum Gasteiger partial charge on any atom is -0.466 e. The molecule has 0 atom stereocenters. The summed E-state index contributed by atoms with van der Waals surface area (Å²) in [7, 11) is 1.32. The van der Waals surface area contributed by atoms with Crippen LogP contribution in [0.25, 0.3) is 22.8 Å². The number of hydrogen-bond acceptors (Lipinski definition) is 5. The third kappa shape index (κ3) is 2.69. The number of carbonyl (C=O) groups excluding carboxylic acids is 1. The minimum absolute atomic E-state index is 0.392. The zero-order valence-electron chi connectivity index (χ0n) is 13.3. The van der Waals surface area contributed by atoms with Gasteiger partial charge >= 0.3 is 5.97 Å². The van der Waals surface area contributed by atoms with E-state index in [1.54, 1.807) is 23.2 Å². The predicted octanol–water partition coefficient (Wildman–Crippen LogP) is 2.60. The first kappa shape index (κ1) is 15.2. The van der Waals surface area contributed by atoms with Crippen LogP contribution >= 0.6 is 0 Å². The fourth-order valence-electron chi connectivity index (χ4n) is 2.78. The van der Waals surface area contributed by atoms with E-state index in [4.69, 9.17) is 0 Å². The number of aromatic nitrogens is 4. The van der Waals surface area contributed by atoms with E-state index in [0.717, 1.165) is 16.7 Å². The summed E-state index contributed by atoms with van der Waals surface area (Å²) in [6.45, 7) is 0. The van der Waals surface area contributed by atoms with Gasteiger partial charge in [0.15, 0.2) is 5.82 Å². The molecule has 0 fully saturated rings. The summed E-state index contributed by atoms with van der Waals surface area (Å²) >= 11 is 0. The van der Waals surface area contributed by atoms with Crippen molar-refractivity contribution >= 4 is 28.8 Å². The molecule has 0 saturated carbocycles. The fourth-order valence-corrected chi connectivity index (χ4v) is 2.78. The first-order chi connectivity index (χ1) is 12.2. The molecule has 4 rings (SSSR count). The van der Waals surface area contributed by atoms with E-state index in [-0.39, 0.29) is 0 Å². The fraction of sp³-hybridized carbons (Fsp3) is 0.111. The van der Waals surface area contributed by atoms with Crippen molar-refractivity contribution in [2.45, 2.75) is 6.42 Å². The molecule has 0 N–H and O–H groups in total. The Hall–Kier alpha value is -3.35. The molecule has 6 nitrogen and oxygen atoms in total. The zero-order chi connectivity index (χ0) is 17.4. The monoisotopic (exact) mass is 336 g/mol. The molecule has 7 heteroatoms. The number of methoxy groups -OCH3 is 1. The van der Waals surface area contributed by atoms with Crippen LogP contribution in [0.15, 0.2) is 42.9 Å². The molecule has 0 saturated heterocycles. The van der Waals surface area contributed by atoms with E-state index in [2.05, 4.69) is 19.7 Å². The van der Waals surface area contributed by atoms with E-state index in [1.165, 1.54) is 25.4 Å². The molecule has 3 aromatic rings. The highest BCUT2D eigenvalue weighted by Crippen LogP contribution is 2.30. The Kier molecular flexibility index (Phi) is 3.61. The Morgan fingerprint density at radius 1 is 1.36 bits per heavy atom. The standard InChI is InChI=1S/C18H13FN4O2/c1-25-16(24)5-7-23-6-4-11-9-21-17(22-18(11)23)13-2-3-15-14(13)8-12(19)10-20-15/h2,4-10H,3H2,1H3/b7-5+. The number of halogens is 1. The third-order valence-electron chi connectivity index (χ3n) is 4.00. The van der Waals surface area contributed by atoms with E-state index >= 15 is 0 Å². The number of hydrogen-bond donors (Lipinski definition) is 0. The summed E-state index contributed by atoms with van der Waals surface area (Å²) in [6, 6.07) is 3.30. The van der Waals surface area contributed by atoms with Crippen molar-refractivity contribution in [3.8, 4) is 0 Å². The molecule has 1 aliphatic rings. The molecular weight excluding hydrogens is 323 g/mol. The Morgan fingerprint density at radius 2 is 2.24 bits per heavy atom. The second kappa shape index (κ2) is 5.94. The van der Waals surface area contributed by atoms with Gasteiger partial charge in [0.05, 0.1) is 19.0 Å². The molecule has 25 heavy (non-hydrogen) atoms. The number of nitrogens with zero attached hydrogens (tertiary/aromatic N) is 4. The second-order valence-electron chi connectivity index (χ2n) is 5.50. The van der Waals surface area contributed by atoms with Gasteiger partial charge in [-0.2, -0.15) is 0 Å². The van der Waals surface area contributed by atoms with Crippen LogP contribution in [0.1, 0.15) is 17.1 Å². The van der Waals surface area contributed by atoms with Crippen LogP contribution in [0, 0.1) is 5.82 Å². The molecule has 0 bridgehead atoms. The Bertz CT molecular complexity index is 1050. The lowest BCUT2D eigenvalue weighted by molar-refractivity contribution is -0.134. The molecule has 0 spiro atoms. The maximum atomic E-state index is 13.5. The van der Waals surface area contributed by atoms with Crippen LogP contribution < -0.4 is 0 Å². The number of carbonyl (C=O) groups is 1. The van der Waals surface area contributed by atoms with Gasteiger partial charge in [0.2, 0.25) is 0 Å². The highest BCUT2D eigenvalue weighted by molar-refractivity contribution is 5.87. The third-order valence-corrected chi connectivity index (χ3v) is 4.00. The lowest BCUT2D eigenvalue weighted by Crippen LogP contribution is -1.99. The summed E-state index contributed by atoms with van der Waals surface area (Å²) in [4.78, 5) is 24.4. The average Bonchev–Trinajstić information content (AvgIpc) is 3.22. The number of fused-ring (bicyclic) bond motifs is 2. The van der Waals surface area contributed by atoms with Crippen LogP contribution in [0.5, 0.6) is 0 Å². The largest absolute Gasteiger partial charge is 0.466 e. The first-order valence-electron chi connectivity index (χ1n) is 7.61. The van der Waals surface area contributed by atoms with E-state index in [0.29, 0.717) is 23.5 Å². The summed E-state index contributed by atoms with van der Waals surface area (Å²) in [5, 5.41) is 0.828. The number of pyridine rings is 1. The topological polar surface area (TPSA) is 69.9 Å². The maximum Gasteiger partial charge on any atom is 0.331 e. The van der Waals surface area contributed by atoms with Gasteiger partial charge in [0.1, 0.15) is 11.5 Å². The number of allylic oxidation sites excluding steroid dienone is 1. The van der Waals surface area contributed by atoms with Crippen molar-refractivity contribution in [1.82, 2.24) is 19.5 Å². The van der Waals surface area contributed by atoms with Crippen molar-refractivity contribution < 1.29 is 13.9 Å². The van der Waals surface area contributed by atoms with Crippen LogP contribution in [-0.2, 0) is 16.0 Å². The second-order valence-corrected chi connectivity index (χ2v) is 5.50. The smallest absolute Gasteiger partial charge is 0.331 e. The SMILES string of the molecule is COC(=O)/C=C/n1ccc2cnc(C3=CCc4ncc(F)cc43)nc21. The lowest BCUT2D eigenvalue weighted by Gasteiger charge is -2.05. The quantitative estimate of drug-likeness (QED) is 0.543. The van der Waals surface area contributed by atoms with Crippen molar-refractivity contribution in [2.75, 3.05) is 7.11 Å².